The van der Waals surface area contributed by atoms with E-state index in [1.54, 1.807) is 12.1 Å². The quantitative estimate of drug-likeness (QED) is 0.681. The molecule has 0 radical (unpaired) electrons. The number of pyridine rings is 1. The summed E-state index contributed by atoms with van der Waals surface area (Å²) in [6.45, 7) is 1.91. The molecule has 3 heterocycles. The summed E-state index contributed by atoms with van der Waals surface area (Å²) in [6, 6.07) is 5.69. The van der Waals surface area contributed by atoms with Crippen molar-refractivity contribution in [2.75, 3.05) is 18.2 Å². The molecule has 3 atom stereocenters. The summed E-state index contributed by atoms with van der Waals surface area (Å²) in [5.74, 6) is 2.15. The molecule has 2 aromatic rings. The molecule has 0 amide bonds. The van der Waals surface area contributed by atoms with Gasteiger partial charge in [-0.25, -0.2) is 0 Å². The summed E-state index contributed by atoms with van der Waals surface area (Å²) < 4.78 is 41.4. The Morgan fingerprint density at radius 3 is 2.59 bits per heavy atom. The number of H-pyrrole nitrogens is 1. The topological polar surface area (TPSA) is 53.1 Å². The number of likely N-dealkylation sites (tertiary alicyclic amines) is 1. The minimum absolute atomic E-state index is 0.0256. The van der Waals surface area contributed by atoms with Gasteiger partial charge in [-0.05, 0) is 30.9 Å². The van der Waals surface area contributed by atoms with Crippen molar-refractivity contribution >= 4 is 40.1 Å². The van der Waals surface area contributed by atoms with Gasteiger partial charge >= 0.3 is 6.18 Å². The number of aromatic nitrogens is 1. The highest BCUT2D eigenvalue weighted by Gasteiger charge is 2.52. The molecule has 2 aliphatic rings. The molecule has 2 saturated heterocycles. The van der Waals surface area contributed by atoms with Crippen LogP contribution in [0.25, 0.3) is 10.9 Å². The fourth-order valence-corrected chi connectivity index (χ4v) is 8.17. The van der Waals surface area contributed by atoms with Crippen LogP contribution >= 0.6 is 23.5 Å². The van der Waals surface area contributed by atoms with Crippen LogP contribution in [0.2, 0.25) is 0 Å². The molecule has 2 aliphatic heterocycles. The van der Waals surface area contributed by atoms with Crippen molar-refractivity contribution in [2.45, 2.75) is 49.0 Å². The molecule has 4 rings (SSSR count). The molecule has 4 nitrogen and oxygen atoms in total. The van der Waals surface area contributed by atoms with Crippen molar-refractivity contribution in [3.05, 3.63) is 40.2 Å². The average Bonchev–Trinajstić information content (AvgIpc) is 3.04. The van der Waals surface area contributed by atoms with Crippen LogP contribution in [0, 0.1) is 0 Å². The minimum Gasteiger partial charge on any atom is -0.347 e. The highest BCUT2D eigenvalue weighted by atomic mass is 32.2. The van der Waals surface area contributed by atoms with E-state index in [4.69, 9.17) is 0 Å². The van der Waals surface area contributed by atoms with Gasteiger partial charge in [0.1, 0.15) is 16.3 Å². The molecular formula is C20H24F3N2O2S2+. The van der Waals surface area contributed by atoms with Crippen molar-refractivity contribution in [3.63, 3.8) is 0 Å². The highest BCUT2D eigenvalue weighted by Crippen LogP contribution is 2.48. The van der Waals surface area contributed by atoms with Crippen molar-refractivity contribution in [3.8, 4) is 0 Å². The first-order valence-corrected chi connectivity index (χ1v) is 11.8. The Hall–Kier alpha value is -1.16. The molecule has 0 aliphatic carbocycles. The third kappa shape index (κ3) is 3.60. The van der Waals surface area contributed by atoms with Crippen LogP contribution in [0.4, 0.5) is 18.9 Å². The van der Waals surface area contributed by atoms with Crippen molar-refractivity contribution in [1.29, 1.82) is 0 Å². The van der Waals surface area contributed by atoms with Gasteiger partial charge in [0.05, 0.1) is 11.6 Å². The molecule has 158 valence electrons. The van der Waals surface area contributed by atoms with Crippen LogP contribution in [0.1, 0.15) is 31.7 Å². The summed E-state index contributed by atoms with van der Waals surface area (Å²) in [5.41, 5.74) is -0.862. The lowest BCUT2D eigenvalue weighted by molar-refractivity contribution is -0.136. The Morgan fingerprint density at radius 1 is 1.21 bits per heavy atom. The van der Waals surface area contributed by atoms with Gasteiger partial charge in [-0.1, -0.05) is 0 Å². The predicted octanol–water partition coefficient (Wildman–Crippen LogP) is 4.55. The van der Waals surface area contributed by atoms with E-state index in [-0.39, 0.29) is 34.2 Å². The highest BCUT2D eigenvalue weighted by molar-refractivity contribution is 8.17. The number of alkyl halides is 3. The first-order chi connectivity index (χ1) is 13.8. The molecule has 29 heavy (non-hydrogen) atoms. The van der Waals surface area contributed by atoms with Gasteiger partial charge in [-0.15, -0.1) is 23.5 Å². The molecule has 0 saturated carbocycles. The zero-order chi connectivity index (χ0) is 20.8. The van der Waals surface area contributed by atoms with E-state index in [1.807, 2.05) is 23.5 Å². The second-order valence-electron chi connectivity index (χ2n) is 7.80. The maximum Gasteiger partial charge on any atom is 0.417 e. The largest absolute Gasteiger partial charge is 0.417 e. The third-order valence-electron chi connectivity index (χ3n) is 6.27. The number of rotatable bonds is 3. The molecule has 2 fully saturated rings. The lowest BCUT2D eigenvalue weighted by Crippen LogP contribution is -2.60. The number of fused-ring (bicyclic) bond motifs is 1. The van der Waals surface area contributed by atoms with Gasteiger partial charge in [0, 0.05) is 41.9 Å². The maximum absolute atomic E-state index is 13.6. The second kappa shape index (κ2) is 7.83. The summed E-state index contributed by atoms with van der Waals surface area (Å²) in [6.07, 6.45) is -1.62. The van der Waals surface area contributed by atoms with Crippen molar-refractivity contribution < 1.29 is 18.3 Å². The van der Waals surface area contributed by atoms with Crippen LogP contribution in [0.3, 0.4) is 0 Å². The molecule has 1 aromatic heterocycles. The van der Waals surface area contributed by atoms with Crippen LogP contribution in [0.15, 0.2) is 29.1 Å². The summed E-state index contributed by atoms with van der Waals surface area (Å²) in [7, 11) is 0. The Morgan fingerprint density at radius 2 is 1.93 bits per heavy atom. The Bertz CT molecular complexity index is 959. The third-order valence-corrected chi connectivity index (χ3v) is 9.42. The first-order valence-electron chi connectivity index (χ1n) is 9.73. The van der Waals surface area contributed by atoms with Crippen molar-refractivity contribution in [2.24, 2.45) is 0 Å². The van der Waals surface area contributed by atoms with Crippen LogP contribution in [-0.4, -0.2) is 45.0 Å². The molecule has 0 spiro atoms. The van der Waals surface area contributed by atoms with Gasteiger partial charge in [0.15, 0.2) is 6.73 Å². The van der Waals surface area contributed by atoms with E-state index in [9.17, 15) is 23.1 Å². The average molecular weight is 446 g/mol. The summed E-state index contributed by atoms with van der Waals surface area (Å²) >= 11 is 3.79. The van der Waals surface area contributed by atoms with Crippen LogP contribution in [-0.2, 0) is 6.18 Å². The SMILES string of the molecule is C[C@@H]1CC[C@H](C2SCCCS2)[N@+]1(CO)c1ccc2[nH]c(=O)cc(C(F)(F)F)c2c1. The monoisotopic (exact) mass is 445 g/mol. The minimum atomic E-state index is -4.62. The molecule has 9 heteroatoms. The maximum atomic E-state index is 13.6. The standard InChI is InChI=1S/C20H23F3N2O2S2/c1-12-3-6-17(19-28-7-2-8-29-19)25(12,11-26)13-4-5-16-14(9-13)15(20(21,22)23)10-18(27)24-16/h4-5,9-10,12,17,19,26H,2-3,6-8,11H2,1H3/p+1/t12-,17-,25+/m1/s1. The number of nitrogens with zero attached hydrogens (tertiary/aromatic N) is 1. The number of hydrogen-bond donors (Lipinski definition) is 2. The Labute approximate surface area is 175 Å². The summed E-state index contributed by atoms with van der Waals surface area (Å²) in [5, 5.41) is 10.5. The van der Waals surface area contributed by atoms with E-state index in [1.165, 1.54) is 6.07 Å². The fraction of sp³-hybridized carbons (Fsp3) is 0.550. The van der Waals surface area contributed by atoms with E-state index >= 15 is 0 Å². The van der Waals surface area contributed by atoms with Gasteiger partial charge in [-0.3, -0.25) is 9.28 Å². The summed E-state index contributed by atoms with van der Waals surface area (Å²) in [4.78, 5) is 14.2. The molecular weight excluding hydrogens is 421 g/mol. The Kier molecular flexibility index (Phi) is 5.69. The second-order valence-corrected chi connectivity index (χ2v) is 10.6. The Balaban J connectivity index is 1.88. The van der Waals surface area contributed by atoms with Gasteiger partial charge in [0.25, 0.3) is 0 Å². The smallest absolute Gasteiger partial charge is 0.347 e. The van der Waals surface area contributed by atoms with E-state index in [0.29, 0.717) is 16.3 Å². The van der Waals surface area contributed by atoms with E-state index < -0.39 is 17.3 Å². The van der Waals surface area contributed by atoms with Gasteiger partial charge in [0.2, 0.25) is 5.56 Å². The molecule has 1 aromatic carbocycles. The van der Waals surface area contributed by atoms with Gasteiger partial charge in [-0.2, -0.15) is 13.2 Å². The number of thioether (sulfide) groups is 2. The number of halogens is 3. The first kappa shape index (κ1) is 21.1. The van der Waals surface area contributed by atoms with E-state index in [0.717, 1.165) is 30.8 Å². The normalized spacial score (nSPS) is 28.9. The molecule has 2 N–H and O–H groups in total. The number of nitrogens with one attached hydrogen (secondary N) is 1. The van der Waals surface area contributed by atoms with Crippen LogP contribution in [0.5, 0.6) is 0 Å². The zero-order valence-electron chi connectivity index (χ0n) is 16.0. The van der Waals surface area contributed by atoms with Crippen LogP contribution < -0.4 is 10.0 Å². The lowest BCUT2D eigenvalue weighted by Gasteiger charge is -2.44. The lowest BCUT2D eigenvalue weighted by atomic mass is 10.1. The molecule has 0 bridgehead atoms. The number of aromatic amines is 1. The number of aliphatic hydroxyl groups is 1. The van der Waals surface area contributed by atoms with Crippen molar-refractivity contribution in [1.82, 2.24) is 9.47 Å². The number of aliphatic hydroxyl groups excluding tert-OH is 1. The number of hydrogen-bond acceptors (Lipinski definition) is 4. The fourth-order valence-electron chi connectivity index (χ4n) is 4.79. The van der Waals surface area contributed by atoms with Gasteiger partial charge < -0.3 is 10.1 Å². The number of benzene rings is 1. The number of quaternary nitrogens is 1. The molecule has 0 unspecified atom stereocenters. The predicted molar refractivity (Wildman–Crippen MR) is 114 cm³/mol. The van der Waals surface area contributed by atoms with E-state index in [2.05, 4.69) is 11.9 Å². The zero-order valence-corrected chi connectivity index (χ0v) is 17.7.